The molecule has 2 N–H and O–H groups in total. The van der Waals surface area contributed by atoms with Gasteiger partial charge in [0, 0.05) is 0 Å². The lowest BCUT2D eigenvalue weighted by Gasteiger charge is -2.42. The number of carboxylic acids is 1. The number of carboxylic acid groups (broad SMARTS) is 1. The van der Waals surface area contributed by atoms with Gasteiger partial charge in [0.25, 0.3) is 0 Å². The molecule has 6 heteroatoms. The van der Waals surface area contributed by atoms with Gasteiger partial charge in [-0.3, -0.25) is 9.59 Å². The number of rotatable bonds is 5. The molecule has 0 saturated carbocycles. The third kappa shape index (κ3) is 4.33. The van der Waals surface area contributed by atoms with Gasteiger partial charge in [0.2, 0.25) is 5.91 Å². The Bertz CT molecular complexity index is 1040. The average molecular weight is 424 g/mol. The van der Waals surface area contributed by atoms with E-state index in [9.17, 15) is 19.5 Å². The third-order valence-electron chi connectivity index (χ3n) is 6.32. The Hall–Kier alpha value is -3.15. The first kappa shape index (κ1) is 22.5. The molecule has 6 nitrogen and oxygen atoms in total. The molecular weight excluding hydrogens is 394 g/mol. The molecule has 164 valence electrons. The lowest BCUT2D eigenvalue weighted by Crippen LogP contribution is -2.35. The van der Waals surface area contributed by atoms with Gasteiger partial charge >= 0.3 is 11.9 Å². The number of nitrogens with one attached hydrogen (secondary N) is 1. The zero-order valence-corrected chi connectivity index (χ0v) is 18.6. The molecule has 1 amide bonds. The van der Waals surface area contributed by atoms with E-state index in [1.165, 1.54) is 24.8 Å². The summed E-state index contributed by atoms with van der Waals surface area (Å²) in [6, 6.07) is 11.8. The summed E-state index contributed by atoms with van der Waals surface area (Å²) in [7, 11) is 1.24. The molecule has 1 aliphatic carbocycles. The summed E-state index contributed by atoms with van der Waals surface area (Å²) < 4.78 is 4.92. The van der Waals surface area contributed by atoms with Gasteiger partial charge in [-0.15, -0.1) is 0 Å². The van der Waals surface area contributed by atoms with E-state index in [1.54, 1.807) is 18.2 Å². The largest absolute Gasteiger partial charge is 0.478 e. The molecule has 1 unspecified atom stereocenters. The van der Waals surface area contributed by atoms with Gasteiger partial charge in [0.05, 0.1) is 18.4 Å². The third-order valence-corrected chi connectivity index (χ3v) is 6.32. The van der Waals surface area contributed by atoms with Gasteiger partial charge in [-0.05, 0) is 52.5 Å². The van der Waals surface area contributed by atoms with E-state index in [2.05, 4.69) is 33.0 Å². The summed E-state index contributed by atoms with van der Waals surface area (Å²) in [5, 5.41) is 12.0. The maximum Gasteiger partial charge on any atom is 0.337 e. The molecule has 1 aliphatic rings. The summed E-state index contributed by atoms with van der Waals surface area (Å²) in [5.74, 6) is -3.70. The molecule has 3 rings (SSSR count). The topological polar surface area (TPSA) is 92.7 Å². The molecule has 2 aromatic carbocycles. The first-order chi connectivity index (χ1) is 14.5. The number of para-hydroxylation sites is 1. The number of amides is 1. The van der Waals surface area contributed by atoms with Gasteiger partial charge in [0.1, 0.15) is 0 Å². The fourth-order valence-corrected chi connectivity index (χ4v) is 4.28. The Labute approximate surface area is 182 Å². The van der Waals surface area contributed by atoms with Crippen molar-refractivity contribution in [1.29, 1.82) is 0 Å². The van der Waals surface area contributed by atoms with Crippen LogP contribution in [0, 0.1) is 0 Å². The minimum absolute atomic E-state index is 0.00678. The fourth-order valence-electron chi connectivity index (χ4n) is 4.28. The monoisotopic (exact) mass is 423 g/mol. The summed E-state index contributed by atoms with van der Waals surface area (Å²) in [6.07, 6.45) is 2.05. The van der Waals surface area contributed by atoms with Gasteiger partial charge in [-0.1, -0.05) is 58.0 Å². The predicted molar refractivity (Wildman–Crippen MR) is 119 cm³/mol. The molecular formula is C25H29NO5. The minimum Gasteiger partial charge on any atom is -0.478 e. The van der Waals surface area contributed by atoms with Gasteiger partial charge in [-0.25, -0.2) is 4.79 Å². The number of carbonyl (C=O) groups is 3. The molecule has 0 spiro atoms. The molecule has 0 fully saturated rings. The highest BCUT2D eigenvalue weighted by atomic mass is 16.5. The predicted octanol–water partition coefficient (Wildman–Crippen LogP) is 4.63. The van der Waals surface area contributed by atoms with Gasteiger partial charge < -0.3 is 15.2 Å². The number of fused-ring (bicyclic) bond motifs is 1. The maximum absolute atomic E-state index is 13.1. The molecule has 0 aromatic heterocycles. The van der Waals surface area contributed by atoms with Crippen molar-refractivity contribution in [2.24, 2.45) is 0 Å². The maximum atomic E-state index is 13.1. The summed E-state index contributed by atoms with van der Waals surface area (Å²) in [6.45, 7) is 8.74. The molecule has 0 radical (unpaired) electrons. The SMILES string of the molecule is COC(=O)C(C(=O)Nc1ccccc1C(=O)O)c1ccc2c(c1)C(C)(C)CCC2(C)C. The number of ether oxygens (including phenoxy) is 1. The van der Waals surface area contributed by atoms with Crippen molar-refractivity contribution in [3.63, 3.8) is 0 Å². The van der Waals surface area contributed by atoms with Crippen LogP contribution in [0.15, 0.2) is 42.5 Å². The van der Waals surface area contributed by atoms with E-state index < -0.39 is 23.8 Å². The Morgan fingerprint density at radius 2 is 1.58 bits per heavy atom. The van der Waals surface area contributed by atoms with Crippen molar-refractivity contribution in [2.45, 2.75) is 57.3 Å². The van der Waals surface area contributed by atoms with Crippen LogP contribution in [0.3, 0.4) is 0 Å². The summed E-state index contributed by atoms with van der Waals surface area (Å²) in [4.78, 5) is 37.2. The second-order valence-corrected chi connectivity index (χ2v) is 9.37. The highest BCUT2D eigenvalue weighted by molar-refractivity contribution is 6.11. The second kappa shape index (κ2) is 8.17. The number of benzene rings is 2. The van der Waals surface area contributed by atoms with E-state index in [4.69, 9.17) is 4.74 Å². The van der Waals surface area contributed by atoms with Crippen LogP contribution < -0.4 is 5.32 Å². The quantitative estimate of drug-likeness (QED) is 0.540. The lowest BCUT2D eigenvalue weighted by molar-refractivity contribution is -0.145. The van der Waals surface area contributed by atoms with E-state index >= 15 is 0 Å². The van der Waals surface area contributed by atoms with E-state index in [0.29, 0.717) is 5.56 Å². The standard InChI is InChI=1S/C25H29NO5/c1-24(2)12-13-25(3,4)18-14-15(10-11-17(18)24)20(23(30)31-5)21(27)26-19-9-7-6-8-16(19)22(28)29/h6-11,14,20H,12-13H2,1-5H3,(H,26,27)(H,28,29). The molecule has 31 heavy (non-hydrogen) atoms. The van der Waals surface area contributed by atoms with Crippen LogP contribution in [0.25, 0.3) is 0 Å². The van der Waals surface area contributed by atoms with Crippen LogP contribution in [0.1, 0.15) is 73.5 Å². The minimum atomic E-state index is -1.21. The van der Waals surface area contributed by atoms with Crippen LogP contribution in [0.5, 0.6) is 0 Å². The Morgan fingerprint density at radius 3 is 2.19 bits per heavy atom. The molecule has 0 bridgehead atoms. The zero-order valence-electron chi connectivity index (χ0n) is 18.6. The normalized spacial score (nSPS) is 17.2. The van der Waals surface area contributed by atoms with E-state index in [-0.39, 0.29) is 22.1 Å². The number of anilines is 1. The van der Waals surface area contributed by atoms with Crippen molar-refractivity contribution in [2.75, 3.05) is 12.4 Å². The van der Waals surface area contributed by atoms with Crippen LogP contribution in [-0.2, 0) is 25.2 Å². The molecule has 1 atom stereocenters. The molecule has 0 heterocycles. The number of aromatic carboxylic acids is 1. The van der Waals surface area contributed by atoms with Crippen LogP contribution in [-0.4, -0.2) is 30.1 Å². The van der Waals surface area contributed by atoms with Gasteiger partial charge in [0.15, 0.2) is 5.92 Å². The Morgan fingerprint density at radius 1 is 0.968 bits per heavy atom. The van der Waals surface area contributed by atoms with Crippen LogP contribution >= 0.6 is 0 Å². The van der Waals surface area contributed by atoms with Crippen molar-refractivity contribution in [3.8, 4) is 0 Å². The molecule has 0 saturated heterocycles. The summed E-state index contributed by atoms with van der Waals surface area (Å²) >= 11 is 0. The number of hydrogen-bond acceptors (Lipinski definition) is 4. The molecule has 2 aromatic rings. The van der Waals surface area contributed by atoms with E-state index in [1.807, 2.05) is 12.1 Å². The Kier molecular flexibility index (Phi) is 5.94. The van der Waals surface area contributed by atoms with Crippen LogP contribution in [0.4, 0.5) is 5.69 Å². The Balaban J connectivity index is 2.04. The average Bonchev–Trinajstić information content (AvgIpc) is 2.71. The smallest absolute Gasteiger partial charge is 0.337 e. The number of esters is 1. The number of hydrogen-bond donors (Lipinski definition) is 2. The zero-order chi connectivity index (χ0) is 23.0. The lowest BCUT2D eigenvalue weighted by atomic mass is 9.62. The van der Waals surface area contributed by atoms with Crippen molar-refractivity contribution >= 4 is 23.5 Å². The summed E-state index contributed by atoms with van der Waals surface area (Å²) in [5.41, 5.74) is 2.87. The van der Waals surface area contributed by atoms with Gasteiger partial charge in [-0.2, -0.15) is 0 Å². The van der Waals surface area contributed by atoms with Crippen molar-refractivity contribution in [3.05, 3.63) is 64.7 Å². The number of methoxy groups -OCH3 is 1. The van der Waals surface area contributed by atoms with E-state index in [0.717, 1.165) is 18.4 Å². The van der Waals surface area contributed by atoms with Crippen LogP contribution in [0.2, 0.25) is 0 Å². The fraction of sp³-hybridized carbons (Fsp3) is 0.400. The van der Waals surface area contributed by atoms with Crippen molar-refractivity contribution < 1.29 is 24.2 Å². The first-order valence-electron chi connectivity index (χ1n) is 10.3. The molecule has 0 aliphatic heterocycles. The highest BCUT2D eigenvalue weighted by Crippen LogP contribution is 2.46. The number of carbonyl (C=O) groups excluding carboxylic acids is 2. The highest BCUT2D eigenvalue weighted by Gasteiger charge is 2.39. The first-order valence-corrected chi connectivity index (χ1v) is 10.3. The second-order valence-electron chi connectivity index (χ2n) is 9.37. The van der Waals surface area contributed by atoms with Crippen molar-refractivity contribution in [1.82, 2.24) is 0 Å².